The molecule has 0 aliphatic carbocycles. The van der Waals surface area contributed by atoms with E-state index < -0.39 is 20.9 Å². The van der Waals surface area contributed by atoms with Gasteiger partial charge in [-0.15, -0.1) is 0 Å². The van der Waals surface area contributed by atoms with Crippen molar-refractivity contribution in [3.63, 3.8) is 0 Å². The van der Waals surface area contributed by atoms with E-state index in [-0.39, 0.29) is 32.5 Å². The van der Waals surface area contributed by atoms with Gasteiger partial charge in [0.05, 0.1) is 15.5 Å². The van der Waals surface area contributed by atoms with Crippen molar-refractivity contribution >= 4 is 39.0 Å². The number of nitrogens with one attached hydrogen (secondary N) is 1. The molecule has 0 aliphatic rings. The number of rotatable bonds is 6. The fourth-order valence-corrected chi connectivity index (χ4v) is 3.67. The first kappa shape index (κ1) is 21.8. The lowest BCUT2D eigenvalue weighted by Crippen LogP contribution is -2.13. The first-order valence-corrected chi connectivity index (χ1v) is 10.3. The molecule has 1 N–H and O–H groups in total. The maximum Gasteiger partial charge on any atom is 0.339 e. The van der Waals surface area contributed by atoms with Crippen LogP contribution in [0.5, 0.6) is 5.75 Å². The molecule has 156 valence electrons. The summed E-state index contributed by atoms with van der Waals surface area (Å²) in [5.41, 5.74) is 0.467. The third kappa shape index (κ3) is 5.16. The fourth-order valence-electron chi connectivity index (χ4n) is 2.48. The van der Waals surface area contributed by atoms with Crippen molar-refractivity contribution in [3.8, 4) is 11.8 Å². The summed E-state index contributed by atoms with van der Waals surface area (Å²) < 4.78 is 29.7. The van der Waals surface area contributed by atoms with Crippen LogP contribution in [-0.2, 0) is 10.1 Å². The summed E-state index contributed by atoms with van der Waals surface area (Å²) in [6, 6.07) is 16.0. The zero-order valence-electron chi connectivity index (χ0n) is 15.5. The molecule has 0 radical (unpaired) electrons. The Hall–Kier alpha value is -3.94. The molecule has 3 aromatic carbocycles. The number of nitrogens with zero attached hydrogens (tertiary/aromatic N) is 2. The molecule has 0 saturated carbocycles. The summed E-state index contributed by atoms with van der Waals surface area (Å²) in [6.45, 7) is 0. The van der Waals surface area contributed by atoms with E-state index >= 15 is 0 Å². The highest BCUT2D eigenvalue weighted by Gasteiger charge is 2.20. The van der Waals surface area contributed by atoms with Gasteiger partial charge in [0.2, 0.25) is 0 Å². The van der Waals surface area contributed by atoms with Crippen LogP contribution >= 0.6 is 11.6 Å². The molecule has 11 heteroatoms. The normalized spacial score (nSPS) is 10.7. The van der Waals surface area contributed by atoms with E-state index in [2.05, 4.69) is 5.32 Å². The van der Waals surface area contributed by atoms with Crippen LogP contribution in [0.2, 0.25) is 5.02 Å². The van der Waals surface area contributed by atoms with Crippen LogP contribution in [0.25, 0.3) is 0 Å². The van der Waals surface area contributed by atoms with Crippen molar-refractivity contribution in [3.05, 3.63) is 93.0 Å². The van der Waals surface area contributed by atoms with Gasteiger partial charge in [-0.1, -0.05) is 17.7 Å². The summed E-state index contributed by atoms with van der Waals surface area (Å²) in [5.74, 6) is -0.571. The third-order valence-electron chi connectivity index (χ3n) is 3.99. The van der Waals surface area contributed by atoms with E-state index in [0.717, 1.165) is 12.1 Å². The van der Waals surface area contributed by atoms with E-state index in [1.54, 1.807) is 0 Å². The van der Waals surface area contributed by atoms with Gasteiger partial charge in [-0.3, -0.25) is 14.9 Å². The Balaban J connectivity index is 1.73. The second-order valence-corrected chi connectivity index (χ2v) is 8.03. The number of nitro groups is 1. The number of benzene rings is 3. The van der Waals surface area contributed by atoms with E-state index in [0.29, 0.717) is 5.69 Å². The van der Waals surface area contributed by atoms with Crippen LogP contribution in [0.4, 0.5) is 11.4 Å². The molecular formula is C20H12ClN3O6S. The van der Waals surface area contributed by atoms with Crippen LogP contribution in [0.3, 0.4) is 0 Å². The second kappa shape index (κ2) is 8.83. The second-order valence-electron chi connectivity index (χ2n) is 6.08. The largest absolute Gasteiger partial charge is 0.379 e. The van der Waals surface area contributed by atoms with Gasteiger partial charge < -0.3 is 9.50 Å². The van der Waals surface area contributed by atoms with E-state index in [9.17, 15) is 23.3 Å². The predicted octanol–water partition coefficient (Wildman–Crippen LogP) is 4.14. The molecule has 9 nitrogen and oxygen atoms in total. The fraction of sp³-hybridized carbons (Fsp3) is 0. The van der Waals surface area contributed by atoms with Gasteiger partial charge in [0.1, 0.15) is 16.7 Å². The minimum atomic E-state index is -4.31. The lowest BCUT2D eigenvalue weighted by atomic mass is 10.2. The standard InChI is InChI=1S/C20H12ClN3O6S/c21-19-10-15(7-4-14(19)12-22)23-20(25)13-5-8-17(9-6-13)30-31(28,29)18-3-1-2-16(11-18)24(26)27/h1-11H,(H,23,25). The molecule has 0 aromatic heterocycles. The Bertz CT molecular complexity index is 1320. The summed E-state index contributed by atoms with van der Waals surface area (Å²) >= 11 is 5.93. The summed E-state index contributed by atoms with van der Waals surface area (Å²) in [7, 11) is -4.31. The molecule has 0 heterocycles. The van der Waals surface area contributed by atoms with Crippen molar-refractivity contribution < 1.29 is 22.3 Å². The Morgan fingerprint density at radius 1 is 1.10 bits per heavy atom. The molecule has 0 fully saturated rings. The van der Waals surface area contributed by atoms with Crippen molar-refractivity contribution in [2.75, 3.05) is 5.32 Å². The molecule has 31 heavy (non-hydrogen) atoms. The molecule has 0 atom stereocenters. The van der Waals surface area contributed by atoms with Gasteiger partial charge in [0, 0.05) is 23.4 Å². The Labute approximate surface area is 181 Å². The molecule has 0 unspecified atom stereocenters. The minimum Gasteiger partial charge on any atom is -0.379 e. The van der Waals surface area contributed by atoms with E-state index in [1.165, 1.54) is 54.6 Å². The number of carbonyl (C=O) groups is 1. The Morgan fingerprint density at radius 3 is 2.42 bits per heavy atom. The van der Waals surface area contributed by atoms with Crippen molar-refractivity contribution in [1.29, 1.82) is 5.26 Å². The lowest BCUT2D eigenvalue weighted by Gasteiger charge is -2.09. The average molecular weight is 458 g/mol. The molecular weight excluding hydrogens is 446 g/mol. The van der Waals surface area contributed by atoms with E-state index in [4.69, 9.17) is 21.0 Å². The number of hydrogen-bond acceptors (Lipinski definition) is 7. The first-order chi connectivity index (χ1) is 14.7. The van der Waals surface area contributed by atoms with Crippen LogP contribution in [0.15, 0.2) is 71.6 Å². The number of amides is 1. The number of hydrogen-bond donors (Lipinski definition) is 1. The number of halogens is 1. The van der Waals surface area contributed by atoms with Crippen LogP contribution in [0, 0.1) is 21.4 Å². The van der Waals surface area contributed by atoms with Crippen LogP contribution in [0.1, 0.15) is 15.9 Å². The predicted molar refractivity (Wildman–Crippen MR) is 111 cm³/mol. The maximum atomic E-state index is 12.4. The molecule has 0 spiro atoms. The molecule has 0 bridgehead atoms. The zero-order chi connectivity index (χ0) is 22.6. The number of non-ortho nitro benzene ring substituents is 1. The van der Waals surface area contributed by atoms with Gasteiger partial charge in [-0.25, -0.2) is 0 Å². The van der Waals surface area contributed by atoms with Gasteiger partial charge in [-0.05, 0) is 48.5 Å². The van der Waals surface area contributed by atoms with Gasteiger partial charge in [-0.2, -0.15) is 13.7 Å². The van der Waals surface area contributed by atoms with Crippen molar-refractivity contribution in [1.82, 2.24) is 0 Å². The highest BCUT2D eigenvalue weighted by atomic mass is 35.5. The highest BCUT2D eigenvalue weighted by Crippen LogP contribution is 2.24. The topological polar surface area (TPSA) is 139 Å². The monoisotopic (exact) mass is 457 g/mol. The summed E-state index contributed by atoms with van der Waals surface area (Å²) in [5, 5.41) is 22.5. The molecule has 0 aliphatic heterocycles. The summed E-state index contributed by atoms with van der Waals surface area (Å²) in [4.78, 5) is 22.1. The molecule has 3 rings (SSSR count). The molecule has 1 amide bonds. The number of anilines is 1. The Morgan fingerprint density at radius 2 is 1.81 bits per heavy atom. The third-order valence-corrected chi connectivity index (χ3v) is 5.54. The van der Waals surface area contributed by atoms with Crippen LogP contribution < -0.4 is 9.50 Å². The quantitative estimate of drug-likeness (QED) is 0.333. The van der Waals surface area contributed by atoms with Gasteiger partial charge in [0.15, 0.2) is 0 Å². The van der Waals surface area contributed by atoms with Crippen molar-refractivity contribution in [2.45, 2.75) is 4.90 Å². The minimum absolute atomic E-state index is 0.0792. The highest BCUT2D eigenvalue weighted by molar-refractivity contribution is 7.87. The number of nitriles is 1. The number of carbonyl (C=O) groups excluding carboxylic acids is 1. The SMILES string of the molecule is N#Cc1ccc(NC(=O)c2ccc(OS(=O)(=O)c3cccc([N+](=O)[O-])c3)cc2)cc1Cl. The maximum absolute atomic E-state index is 12.4. The molecule has 0 saturated heterocycles. The first-order valence-electron chi connectivity index (χ1n) is 8.49. The van der Waals surface area contributed by atoms with Crippen molar-refractivity contribution in [2.24, 2.45) is 0 Å². The van der Waals surface area contributed by atoms with Gasteiger partial charge in [0.25, 0.3) is 11.6 Å². The summed E-state index contributed by atoms with van der Waals surface area (Å²) in [6.07, 6.45) is 0. The average Bonchev–Trinajstić information content (AvgIpc) is 2.74. The number of nitro benzene ring substituents is 1. The van der Waals surface area contributed by atoms with Gasteiger partial charge >= 0.3 is 10.1 Å². The smallest absolute Gasteiger partial charge is 0.339 e. The zero-order valence-corrected chi connectivity index (χ0v) is 17.1. The Kier molecular flexibility index (Phi) is 6.20. The van der Waals surface area contributed by atoms with Crippen LogP contribution in [-0.4, -0.2) is 19.2 Å². The van der Waals surface area contributed by atoms with E-state index in [1.807, 2.05) is 6.07 Å². The molecule has 3 aromatic rings. The lowest BCUT2D eigenvalue weighted by molar-refractivity contribution is -0.385.